The number of nitriles is 1. The molecule has 3 aromatic heterocycles. The van der Waals surface area contributed by atoms with E-state index in [0.717, 1.165) is 44.7 Å². The Morgan fingerprint density at radius 2 is 0.914 bits per heavy atom. The van der Waals surface area contributed by atoms with Crippen LogP contribution in [0.5, 0.6) is 0 Å². The molecule has 0 aliphatic rings. The molecular weight excluding hydrogens is 705 g/mol. The lowest BCUT2D eigenvalue weighted by molar-refractivity contribution is 1.06. The number of pyridine rings is 1. The Balaban J connectivity index is 1.23. The van der Waals surface area contributed by atoms with Gasteiger partial charge < -0.3 is 4.57 Å². The van der Waals surface area contributed by atoms with Gasteiger partial charge in [-0.1, -0.05) is 102 Å². The van der Waals surface area contributed by atoms with Crippen molar-refractivity contribution in [2.45, 2.75) is 41.5 Å². The summed E-state index contributed by atoms with van der Waals surface area (Å²) < 4.78 is 4.60. The molecule has 0 fully saturated rings. The van der Waals surface area contributed by atoms with Gasteiger partial charge in [0.25, 0.3) is 0 Å². The van der Waals surface area contributed by atoms with Gasteiger partial charge in [0.1, 0.15) is 5.82 Å². The third-order valence-corrected chi connectivity index (χ3v) is 12.0. The van der Waals surface area contributed by atoms with Gasteiger partial charge in [-0.25, -0.2) is 4.98 Å². The average Bonchev–Trinajstić information content (AvgIpc) is 3.72. The molecule has 0 N–H and O–H groups in total. The van der Waals surface area contributed by atoms with E-state index in [0.29, 0.717) is 5.56 Å². The minimum atomic E-state index is 0.616. The van der Waals surface area contributed by atoms with Crippen LogP contribution in [0.2, 0.25) is 0 Å². The molecule has 0 bridgehead atoms. The molecule has 0 spiro atoms. The maximum atomic E-state index is 10.5. The van der Waals surface area contributed by atoms with Crippen LogP contribution in [-0.4, -0.2) is 14.1 Å². The molecule has 0 saturated heterocycles. The lowest BCUT2D eigenvalue weighted by Gasteiger charge is -2.17. The number of aryl methyl sites for hydroxylation is 6. The Kier molecular flexibility index (Phi) is 8.18. The largest absolute Gasteiger partial charge is 0.307 e. The van der Waals surface area contributed by atoms with Gasteiger partial charge in [0, 0.05) is 32.7 Å². The van der Waals surface area contributed by atoms with Crippen LogP contribution >= 0.6 is 0 Å². The molecule has 0 unspecified atom stereocenters. The summed E-state index contributed by atoms with van der Waals surface area (Å²) >= 11 is 0. The average molecular weight is 747 g/mol. The summed E-state index contributed by atoms with van der Waals surface area (Å²) in [4.78, 5) is 5.31. The molecule has 0 saturated carbocycles. The molecule has 0 atom stereocenters. The van der Waals surface area contributed by atoms with Crippen LogP contribution in [0.3, 0.4) is 0 Å². The molecule has 278 valence electrons. The second-order valence-electron chi connectivity index (χ2n) is 15.9. The highest BCUT2D eigenvalue weighted by Gasteiger charge is 2.22. The third kappa shape index (κ3) is 5.46. The second-order valence-corrected chi connectivity index (χ2v) is 15.9. The van der Waals surface area contributed by atoms with Gasteiger partial charge in [-0.2, -0.15) is 5.26 Å². The van der Waals surface area contributed by atoms with Crippen molar-refractivity contribution in [3.8, 4) is 51.0 Å². The zero-order valence-electron chi connectivity index (χ0n) is 33.6. The Hall–Kier alpha value is -7.22. The summed E-state index contributed by atoms with van der Waals surface area (Å²) in [6, 6.07) is 52.5. The summed E-state index contributed by atoms with van der Waals surface area (Å²) in [6.07, 6.45) is 2.00. The molecule has 0 amide bonds. The Bertz CT molecular complexity index is 3320. The summed E-state index contributed by atoms with van der Waals surface area (Å²) in [5.74, 6) is 0.793. The highest BCUT2D eigenvalue weighted by atomic mass is 15.1. The predicted molar refractivity (Wildman–Crippen MR) is 242 cm³/mol. The topological polar surface area (TPSA) is 46.5 Å². The molecule has 10 rings (SSSR count). The summed E-state index contributed by atoms with van der Waals surface area (Å²) in [5.41, 5.74) is 20.3. The first kappa shape index (κ1) is 35.2. The van der Waals surface area contributed by atoms with Crippen molar-refractivity contribution in [2.75, 3.05) is 0 Å². The summed E-state index contributed by atoms with van der Waals surface area (Å²) in [6.45, 7) is 13.1. The van der Waals surface area contributed by atoms with Crippen molar-refractivity contribution in [2.24, 2.45) is 0 Å². The molecule has 3 heterocycles. The predicted octanol–water partition coefficient (Wildman–Crippen LogP) is 14.0. The van der Waals surface area contributed by atoms with Crippen molar-refractivity contribution in [3.63, 3.8) is 0 Å². The van der Waals surface area contributed by atoms with Crippen LogP contribution in [0, 0.1) is 52.9 Å². The van der Waals surface area contributed by atoms with Gasteiger partial charge in [-0.3, -0.25) is 4.57 Å². The fourth-order valence-corrected chi connectivity index (χ4v) is 9.80. The van der Waals surface area contributed by atoms with E-state index in [9.17, 15) is 5.26 Å². The number of nitrogens with zero attached hydrogens (tertiary/aromatic N) is 4. The Morgan fingerprint density at radius 3 is 1.47 bits per heavy atom. The van der Waals surface area contributed by atoms with Gasteiger partial charge in [0.15, 0.2) is 0 Å². The fourth-order valence-electron chi connectivity index (χ4n) is 9.80. The molecule has 0 aliphatic heterocycles. The van der Waals surface area contributed by atoms with E-state index in [2.05, 4.69) is 178 Å². The number of fused-ring (bicyclic) bond motifs is 6. The van der Waals surface area contributed by atoms with E-state index in [1.165, 1.54) is 77.2 Å². The van der Waals surface area contributed by atoms with E-state index >= 15 is 0 Å². The molecule has 4 nitrogen and oxygen atoms in total. The second kappa shape index (κ2) is 13.5. The molecule has 4 heteroatoms. The zero-order chi connectivity index (χ0) is 39.8. The first-order valence-corrected chi connectivity index (χ1v) is 19.9. The Morgan fingerprint density at radius 1 is 0.448 bits per heavy atom. The van der Waals surface area contributed by atoms with Gasteiger partial charge in [0.2, 0.25) is 0 Å². The quantitative estimate of drug-likeness (QED) is 0.176. The van der Waals surface area contributed by atoms with Crippen molar-refractivity contribution in [3.05, 3.63) is 185 Å². The normalized spacial score (nSPS) is 11.6. The zero-order valence-corrected chi connectivity index (χ0v) is 33.6. The first-order valence-electron chi connectivity index (χ1n) is 19.9. The number of hydrogen-bond acceptors (Lipinski definition) is 2. The van der Waals surface area contributed by atoms with Crippen molar-refractivity contribution < 1.29 is 0 Å². The number of benzene rings is 7. The van der Waals surface area contributed by atoms with Crippen molar-refractivity contribution in [1.29, 1.82) is 5.26 Å². The molecular formula is C54H42N4. The Labute approximate surface area is 338 Å². The van der Waals surface area contributed by atoms with Crippen LogP contribution < -0.4 is 0 Å². The van der Waals surface area contributed by atoms with Crippen LogP contribution in [0.15, 0.2) is 146 Å². The van der Waals surface area contributed by atoms with Gasteiger partial charge in [-0.15, -0.1) is 0 Å². The summed E-state index contributed by atoms with van der Waals surface area (Å²) in [5, 5.41) is 15.2. The monoisotopic (exact) mass is 746 g/mol. The molecule has 58 heavy (non-hydrogen) atoms. The van der Waals surface area contributed by atoms with E-state index in [1.807, 2.05) is 24.4 Å². The SMILES string of the molecule is Cc1cc(C)c(-c2ccc3c(c2)c2ccccc2n3-c2cc(-c3ccccc3C#N)c(-n3c4ccccc4c4cc(-c5c(C)cc(C)cc5C)ccc43)cn2)c(C)c1. The number of aromatic nitrogens is 3. The first-order chi connectivity index (χ1) is 28.2. The van der Waals surface area contributed by atoms with Gasteiger partial charge in [-0.05, 0) is 135 Å². The maximum Gasteiger partial charge on any atom is 0.138 e. The van der Waals surface area contributed by atoms with Gasteiger partial charge in [0.05, 0.1) is 45.6 Å². The highest BCUT2D eigenvalue weighted by Crippen LogP contribution is 2.42. The smallest absolute Gasteiger partial charge is 0.138 e. The molecule has 0 aliphatic carbocycles. The molecule has 7 aromatic carbocycles. The fraction of sp³-hybridized carbons (Fsp3) is 0.111. The van der Waals surface area contributed by atoms with E-state index in [-0.39, 0.29) is 0 Å². The lowest BCUT2D eigenvalue weighted by atomic mass is 9.93. The summed E-state index contributed by atoms with van der Waals surface area (Å²) in [7, 11) is 0. The van der Waals surface area contributed by atoms with E-state index in [1.54, 1.807) is 0 Å². The minimum absolute atomic E-state index is 0.616. The van der Waals surface area contributed by atoms with Crippen molar-refractivity contribution in [1.82, 2.24) is 14.1 Å². The van der Waals surface area contributed by atoms with Crippen LogP contribution in [0.4, 0.5) is 0 Å². The number of para-hydroxylation sites is 2. The van der Waals surface area contributed by atoms with Crippen molar-refractivity contribution >= 4 is 43.6 Å². The number of rotatable bonds is 5. The maximum absolute atomic E-state index is 10.5. The lowest BCUT2D eigenvalue weighted by Crippen LogP contribution is -2.04. The van der Waals surface area contributed by atoms with Crippen LogP contribution in [0.25, 0.3) is 88.5 Å². The van der Waals surface area contributed by atoms with Crippen LogP contribution in [-0.2, 0) is 0 Å². The van der Waals surface area contributed by atoms with E-state index in [4.69, 9.17) is 4.98 Å². The van der Waals surface area contributed by atoms with Crippen LogP contribution in [0.1, 0.15) is 38.9 Å². The molecule has 10 aromatic rings. The standard InChI is InChI=1S/C54H42N4/c1-32-23-34(3)53(35(4)24-32)38-19-21-49-44(27-38)42-15-9-11-17-47(42)57(49)51-31-56-52(29-46(51)41-14-8-7-13-40(41)30-55)58-48-18-12-10-16-43(48)45-28-39(20-22-50(45)58)54-36(5)25-33(2)26-37(54)6/h7-29,31H,1-6H3. The highest BCUT2D eigenvalue weighted by molar-refractivity contribution is 6.12. The third-order valence-electron chi connectivity index (χ3n) is 12.0. The number of hydrogen-bond donors (Lipinski definition) is 0. The van der Waals surface area contributed by atoms with Gasteiger partial charge >= 0.3 is 0 Å². The molecule has 0 radical (unpaired) electrons. The minimum Gasteiger partial charge on any atom is -0.307 e. The van der Waals surface area contributed by atoms with E-state index < -0.39 is 0 Å².